The van der Waals surface area contributed by atoms with Crippen molar-refractivity contribution in [2.45, 2.75) is 23.6 Å². The van der Waals surface area contributed by atoms with Gasteiger partial charge in [-0.05, 0) is 31.2 Å². The van der Waals surface area contributed by atoms with E-state index in [2.05, 4.69) is 5.32 Å². The van der Waals surface area contributed by atoms with Crippen LogP contribution in [0.3, 0.4) is 0 Å². The molecule has 2 amide bonds. The highest BCUT2D eigenvalue weighted by Crippen LogP contribution is 2.25. The van der Waals surface area contributed by atoms with Gasteiger partial charge >= 0.3 is 0 Å². The van der Waals surface area contributed by atoms with Crippen molar-refractivity contribution in [2.24, 2.45) is 0 Å². The number of nitrogens with one attached hydrogen (secondary N) is 1. The van der Waals surface area contributed by atoms with E-state index in [9.17, 15) is 18.4 Å². The van der Waals surface area contributed by atoms with E-state index in [1.54, 1.807) is 6.92 Å². The van der Waals surface area contributed by atoms with Crippen LogP contribution >= 0.6 is 11.8 Å². The summed E-state index contributed by atoms with van der Waals surface area (Å²) in [5.74, 6) is -2.93. The van der Waals surface area contributed by atoms with Gasteiger partial charge in [-0.15, -0.1) is 0 Å². The zero-order valence-electron chi connectivity index (χ0n) is 10.8. The SMILES string of the molecule is CC1C(=O)NCCN1C(=O)c1ccc(SC(F)F)cc1. The number of hydrogen-bond acceptors (Lipinski definition) is 3. The average Bonchev–Trinajstić information content (AvgIpc) is 2.41. The summed E-state index contributed by atoms with van der Waals surface area (Å²) in [6, 6.07) is 5.46. The van der Waals surface area contributed by atoms with Gasteiger partial charge in [0.1, 0.15) is 6.04 Å². The number of benzene rings is 1. The number of hydrogen-bond donors (Lipinski definition) is 1. The maximum Gasteiger partial charge on any atom is 0.288 e. The molecule has 0 spiro atoms. The third-order valence-electron chi connectivity index (χ3n) is 3.09. The van der Waals surface area contributed by atoms with Crippen LogP contribution in [0.1, 0.15) is 17.3 Å². The van der Waals surface area contributed by atoms with Gasteiger partial charge in [0.15, 0.2) is 0 Å². The first-order valence-corrected chi connectivity index (χ1v) is 7.00. The second-order valence-corrected chi connectivity index (χ2v) is 5.43. The molecule has 1 aromatic rings. The summed E-state index contributed by atoms with van der Waals surface area (Å²) in [7, 11) is 0. The normalized spacial score (nSPS) is 19.1. The topological polar surface area (TPSA) is 49.4 Å². The molecule has 1 saturated heterocycles. The summed E-state index contributed by atoms with van der Waals surface area (Å²) in [5.41, 5.74) is 0.394. The highest BCUT2D eigenvalue weighted by atomic mass is 32.2. The lowest BCUT2D eigenvalue weighted by Crippen LogP contribution is -2.55. The first-order valence-electron chi connectivity index (χ1n) is 6.12. The Hall–Kier alpha value is -1.63. The smallest absolute Gasteiger partial charge is 0.288 e. The number of piperazine rings is 1. The number of amides is 2. The third-order valence-corrected chi connectivity index (χ3v) is 3.81. The molecule has 0 radical (unpaired) electrons. The predicted molar refractivity (Wildman–Crippen MR) is 71.8 cm³/mol. The molecule has 4 nitrogen and oxygen atoms in total. The Bertz CT molecular complexity index is 508. The summed E-state index contributed by atoms with van der Waals surface area (Å²) in [6.45, 7) is 2.53. The van der Waals surface area contributed by atoms with E-state index in [4.69, 9.17) is 0 Å². The van der Waals surface area contributed by atoms with Crippen LogP contribution in [0.5, 0.6) is 0 Å². The first kappa shape index (κ1) is 14.8. The van der Waals surface area contributed by atoms with E-state index in [1.165, 1.54) is 29.2 Å². The van der Waals surface area contributed by atoms with Crippen LogP contribution in [0.15, 0.2) is 29.2 Å². The molecule has 1 aromatic carbocycles. The van der Waals surface area contributed by atoms with Crippen LogP contribution in [0.25, 0.3) is 0 Å². The number of carbonyl (C=O) groups is 2. The monoisotopic (exact) mass is 300 g/mol. The Balaban J connectivity index is 2.10. The van der Waals surface area contributed by atoms with Crippen molar-refractivity contribution in [3.63, 3.8) is 0 Å². The van der Waals surface area contributed by atoms with Crippen molar-refractivity contribution >= 4 is 23.6 Å². The minimum Gasteiger partial charge on any atom is -0.353 e. The maximum absolute atomic E-state index is 12.3. The Morgan fingerprint density at radius 1 is 1.40 bits per heavy atom. The zero-order valence-corrected chi connectivity index (χ0v) is 11.6. The number of rotatable bonds is 3. The van der Waals surface area contributed by atoms with Crippen molar-refractivity contribution in [1.82, 2.24) is 10.2 Å². The lowest BCUT2D eigenvalue weighted by atomic mass is 10.1. The van der Waals surface area contributed by atoms with Crippen molar-refractivity contribution in [3.05, 3.63) is 29.8 Å². The fourth-order valence-corrected chi connectivity index (χ4v) is 2.50. The fraction of sp³-hybridized carbons (Fsp3) is 0.385. The summed E-state index contributed by atoms with van der Waals surface area (Å²) in [4.78, 5) is 25.7. The Labute approximate surface area is 119 Å². The number of carbonyl (C=O) groups excluding carboxylic acids is 2. The van der Waals surface area contributed by atoms with Gasteiger partial charge in [-0.2, -0.15) is 8.78 Å². The lowest BCUT2D eigenvalue weighted by molar-refractivity contribution is -0.127. The minimum atomic E-state index is -2.48. The number of nitrogens with zero attached hydrogens (tertiary/aromatic N) is 1. The summed E-state index contributed by atoms with van der Waals surface area (Å²) in [6.07, 6.45) is 0. The molecule has 1 unspecified atom stereocenters. The van der Waals surface area contributed by atoms with E-state index >= 15 is 0 Å². The van der Waals surface area contributed by atoms with E-state index in [0.29, 0.717) is 35.3 Å². The molecule has 2 rings (SSSR count). The van der Waals surface area contributed by atoms with Crippen LogP contribution in [0, 0.1) is 0 Å². The molecule has 7 heteroatoms. The summed E-state index contributed by atoms with van der Waals surface area (Å²) < 4.78 is 24.4. The second-order valence-electron chi connectivity index (χ2n) is 4.37. The Kier molecular flexibility index (Phi) is 4.59. The molecule has 1 atom stereocenters. The van der Waals surface area contributed by atoms with Crippen LogP contribution in [-0.2, 0) is 4.79 Å². The van der Waals surface area contributed by atoms with Crippen LogP contribution in [0.4, 0.5) is 8.78 Å². The molecule has 1 N–H and O–H groups in total. The van der Waals surface area contributed by atoms with Gasteiger partial charge < -0.3 is 10.2 Å². The average molecular weight is 300 g/mol. The molecule has 0 aliphatic carbocycles. The van der Waals surface area contributed by atoms with Gasteiger partial charge in [0.25, 0.3) is 11.7 Å². The predicted octanol–water partition coefficient (Wildman–Crippen LogP) is 1.96. The number of thioether (sulfide) groups is 1. The number of halogens is 2. The van der Waals surface area contributed by atoms with Crippen molar-refractivity contribution in [1.29, 1.82) is 0 Å². The molecule has 1 heterocycles. The van der Waals surface area contributed by atoms with Gasteiger partial charge in [0.05, 0.1) is 0 Å². The molecule has 20 heavy (non-hydrogen) atoms. The number of alkyl halides is 2. The minimum absolute atomic E-state index is 0.186. The Morgan fingerprint density at radius 3 is 2.65 bits per heavy atom. The van der Waals surface area contributed by atoms with Crippen LogP contribution in [-0.4, -0.2) is 41.6 Å². The molecule has 0 aromatic heterocycles. The molecule has 108 valence electrons. The molecule has 0 bridgehead atoms. The molecular weight excluding hydrogens is 286 g/mol. The van der Waals surface area contributed by atoms with Gasteiger partial charge in [0, 0.05) is 23.5 Å². The zero-order chi connectivity index (χ0) is 14.7. The second kappa shape index (κ2) is 6.21. The fourth-order valence-electron chi connectivity index (χ4n) is 2.00. The van der Waals surface area contributed by atoms with Crippen LogP contribution in [0.2, 0.25) is 0 Å². The Morgan fingerprint density at radius 2 is 2.05 bits per heavy atom. The summed E-state index contributed by atoms with van der Waals surface area (Å²) >= 11 is 0.433. The lowest BCUT2D eigenvalue weighted by Gasteiger charge is -2.32. The highest BCUT2D eigenvalue weighted by Gasteiger charge is 2.29. The van der Waals surface area contributed by atoms with Crippen molar-refractivity contribution < 1.29 is 18.4 Å². The quantitative estimate of drug-likeness (QED) is 0.868. The van der Waals surface area contributed by atoms with E-state index in [0.717, 1.165) is 0 Å². The van der Waals surface area contributed by atoms with Gasteiger partial charge in [-0.1, -0.05) is 11.8 Å². The van der Waals surface area contributed by atoms with E-state index in [-0.39, 0.29) is 11.8 Å². The van der Waals surface area contributed by atoms with Gasteiger partial charge in [-0.3, -0.25) is 9.59 Å². The van der Waals surface area contributed by atoms with E-state index in [1.807, 2.05) is 0 Å². The molecule has 1 fully saturated rings. The third kappa shape index (κ3) is 3.27. The van der Waals surface area contributed by atoms with Gasteiger partial charge in [0.2, 0.25) is 5.91 Å². The molecule has 1 aliphatic rings. The summed E-state index contributed by atoms with van der Waals surface area (Å²) in [5, 5.41) is 2.68. The van der Waals surface area contributed by atoms with Crippen molar-refractivity contribution in [3.8, 4) is 0 Å². The highest BCUT2D eigenvalue weighted by molar-refractivity contribution is 7.99. The maximum atomic E-state index is 12.3. The molecule has 1 aliphatic heterocycles. The molecular formula is C13H14F2N2O2S. The molecule has 0 saturated carbocycles. The standard InChI is InChI=1S/C13H14F2N2O2S/c1-8-11(18)16-6-7-17(8)12(19)9-2-4-10(5-3-9)20-13(14)15/h2-5,8,13H,6-7H2,1H3,(H,16,18). The largest absolute Gasteiger partial charge is 0.353 e. The first-order chi connectivity index (χ1) is 9.49. The van der Waals surface area contributed by atoms with Gasteiger partial charge in [-0.25, -0.2) is 0 Å². The van der Waals surface area contributed by atoms with Crippen LogP contribution < -0.4 is 5.32 Å². The van der Waals surface area contributed by atoms with Crippen molar-refractivity contribution in [2.75, 3.05) is 13.1 Å². The van der Waals surface area contributed by atoms with E-state index < -0.39 is 11.8 Å².